The van der Waals surface area contributed by atoms with Crippen LogP contribution in [-0.2, 0) is 18.2 Å². The molecule has 8 heteroatoms. The standard InChI is InChI=1S/C17H24N6O2/c1-22-8-12(7-19-22)2-4-18-16-6-15(13-3-5-25-11-13)20-17(21-16)23-9-14(24)10-23/h6-8,13-14,24H,2-5,9-11H2,1H3,(H,18,20,21)/t13-/m0/s1. The predicted molar refractivity (Wildman–Crippen MR) is 93.8 cm³/mol. The molecule has 0 saturated carbocycles. The highest BCUT2D eigenvalue weighted by molar-refractivity contribution is 5.46. The summed E-state index contributed by atoms with van der Waals surface area (Å²) in [6, 6.07) is 2.03. The minimum absolute atomic E-state index is 0.274. The first-order valence-electron chi connectivity index (χ1n) is 8.78. The van der Waals surface area contributed by atoms with Gasteiger partial charge < -0.3 is 20.1 Å². The van der Waals surface area contributed by atoms with Crippen LogP contribution in [0.15, 0.2) is 18.5 Å². The van der Waals surface area contributed by atoms with E-state index in [4.69, 9.17) is 9.72 Å². The largest absolute Gasteiger partial charge is 0.389 e. The SMILES string of the molecule is Cn1cc(CCNc2cc([C@H]3CCOC3)nc(N3CC(O)C3)n2)cn1. The summed E-state index contributed by atoms with van der Waals surface area (Å²) in [5.74, 6) is 1.85. The average Bonchev–Trinajstić information content (AvgIpc) is 3.23. The molecule has 0 aromatic carbocycles. The number of nitrogens with zero attached hydrogens (tertiary/aromatic N) is 5. The van der Waals surface area contributed by atoms with Crippen molar-refractivity contribution in [2.75, 3.05) is 43.1 Å². The second-order valence-electron chi connectivity index (χ2n) is 6.80. The minimum Gasteiger partial charge on any atom is -0.389 e. The van der Waals surface area contributed by atoms with Crippen LogP contribution in [0, 0.1) is 0 Å². The molecule has 4 rings (SSSR count). The molecule has 2 fully saturated rings. The van der Waals surface area contributed by atoms with Crippen LogP contribution in [-0.4, -0.2) is 63.8 Å². The highest BCUT2D eigenvalue weighted by atomic mass is 16.5. The van der Waals surface area contributed by atoms with E-state index in [9.17, 15) is 5.11 Å². The summed E-state index contributed by atoms with van der Waals surface area (Å²) in [6.45, 7) is 3.48. The van der Waals surface area contributed by atoms with Crippen molar-refractivity contribution < 1.29 is 9.84 Å². The van der Waals surface area contributed by atoms with Gasteiger partial charge in [0.2, 0.25) is 5.95 Å². The first-order valence-corrected chi connectivity index (χ1v) is 8.78. The molecule has 0 amide bonds. The Hall–Kier alpha value is -2.19. The van der Waals surface area contributed by atoms with Crippen molar-refractivity contribution in [1.29, 1.82) is 0 Å². The number of rotatable bonds is 6. The van der Waals surface area contributed by atoms with Gasteiger partial charge in [-0.05, 0) is 18.4 Å². The Kier molecular flexibility index (Phi) is 4.54. The number of hydrogen-bond donors (Lipinski definition) is 2. The fraction of sp³-hybridized carbons (Fsp3) is 0.588. The summed E-state index contributed by atoms with van der Waals surface area (Å²) in [6.07, 6.45) is 5.52. The Morgan fingerprint density at radius 3 is 2.92 bits per heavy atom. The van der Waals surface area contributed by atoms with Gasteiger partial charge in [-0.1, -0.05) is 0 Å². The normalized spacial score (nSPS) is 20.7. The van der Waals surface area contributed by atoms with Crippen LogP contribution < -0.4 is 10.2 Å². The third-order valence-electron chi connectivity index (χ3n) is 4.71. The van der Waals surface area contributed by atoms with Crippen molar-refractivity contribution in [3.05, 3.63) is 29.7 Å². The number of aliphatic hydroxyl groups excluding tert-OH is 1. The molecule has 2 aromatic heterocycles. The number of nitrogens with one attached hydrogen (secondary N) is 1. The Labute approximate surface area is 146 Å². The first kappa shape index (κ1) is 16.3. The van der Waals surface area contributed by atoms with E-state index in [1.807, 2.05) is 35.1 Å². The maximum Gasteiger partial charge on any atom is 0.227 e. The second kappa shape index (κ2) is 6.97. The Balaban J connectivity index is 1.47. The van der Waals surface area contributed by atoms with E-state index in [0.717, 1.165) is 37.5 Å². The topological polar surface area (TPSA) is 88.3 Å². The molecule has 2 aliphatic rings. The number of aliphatic hydroxyl groups is 1. The van der Waals surface area contributed by atoms with Crippen LogP contribution in [0.2, 0.25) is 0 Å². The van der Waals surface area contributed by atoms with E-state index in [-0.39, 0.29) is 6.10 Å². The second-order valence-corrected chi connectivity index (χ2v) is 6.80. The van der Waals surface area contributed by atoms with Crippen LogP contribution >= 0.6 is 0 Å². The van der Waals surface area contributed by atoms with E-state index >= 15 is 0 Å². The molecular formula is C17H24N6O2. The van der Waals surface area contributed by atoms with Gasteiger partial charge in [-0.2, -0.15) is 10.1 Å². The van der Waals surface area contributed by atoms with Crippen LogP contribution in [0.5, 0.6) is 0 Å². The highest BCUT2D eigenvalue weighted by Crippen LogP contribution is 2.28. The molecule has 2 aromatic rings. The van der Waals surface area contributed by atoms with Crippen LogP contribution in [0.1, 0.15) is 23.6 Å². The van der Waals surface area contributed by atoms with Gasteiger partial charge in [0, 0.05) is 51.5 Å². The predicted octanol–water partition coefficient (Wildman–Crippen LogP) is 0.549. The van der Waals surface area contributed by atoms with E-state index in [1.54, 1.807) is 0 Å². The third kappa shape index (κ3) is 3.74. The monoisotopic (exact) mass is 344 g/mol. The molecular weight excluding hydrogens is 320 g/mol. The number of β-amino-alcohol motifs (C(OH)–C–C–N with tert-alkyl or cyclic N) is 1. The molecule has 0 unspecified atom stereocenters. The fourth-order valence-corrected chi connectivity index (χ4v) is 3.22. The number of aromatic nitrogens is 4. The smallest absolute Gasteiger partial charge is 0.227 e. The zero-order valence-electron chi connectivity index (χ0n) is 14.4. The van der Waals surface area contributed by atoms with Gasteiger partial charge in [-0.25, -0.2) is 4.98 Å². The van der Waals surface area contributed by atoms with E-state index in [2.05, 4.69) is 15.4 Å². The summed E-state index contributed by atoms with van der Waals surface area (Å²) in [5, 5.41) is 17.2. The molecule has 0 aliphatic carbocycles. The van der Waals surface area contributed by atoms with Crippen LogP contribution in [0.3, 0.4) is 0 Å². The molecule has 8 nitrogen and oxygen atoms in total. The lowest BCUT2D eigenvalue weighted by molar-refractivity contribution is 0.140. The summed E-state index contributed by atoms with van der Waals surface area (Å²) in [4.78, 5) is 11.4. The van der Waals surface area contributed by atoms with Gasteiger partial charge in [-0.15, -0.1) is 0 Å². The van der Waals surface area contributed by atoms with E-state index < -0.39 is 0 Å². The van der Waals surface area contributed by atoms with Gasteiger partial charge in [0.05, 0.1) is 24.6 Å². The van der Waals surface area contributed by atoms with Gasteiger partial charge in [0.25, 0.3) is 0 Å². The van der Waals surface area contributed by atoms with Crippen molar-refractivity contribution in [1.82, 2.24) is 19.7 Å². The first-order chi connectivity index (χ1) is 12.2. The average molecular weight is 344 g/mol. The van der Waals surface area contributed by atoms with E-state index in [1.165, 1.54) is 5.56 Å². The van der Waals surface area contributed by atoms with E-state index in [0.29, 0.717) is 31.6 Å². The molecule has 4 heterocycles. The lowest BCUT2D eigenvalue weighted by atomic mass is 10.0. The summed E-state index contributed by atoms with van der Waals surface area (Å²) in [7, 11) is 1.92. The number of anilines is 2. The molecule has 1 atom stereocenters. The quantitative estimate of drug-likeness (QED) is 0.791. The zero-order valence-corrected chi connectivity index (χ0v) is 14.4. The van der Waals surface area contributed by atoms with Crippen LogP contribution in [0.25, 0.3) is 0 Å². The summed E-state index contributed by atoms with van der Waals surface area (Å²) in [5.41, 5.74) is 2.22. The van der Waals surface area contributed by atoms with Crippen molar-refractivity contribution in [3.63, 3.8) is 0 Å². The maximum atomic E-state index is 9.56. The van der Waals surface area contributed by atoms with Gasteiger partial charge in [0.15, 0.2) is 0 Å². The molecule has 0 bridgehead atoms. The van der Waals surface area contributed by atoms with Crippen molar-refractivity contribution in [2.24, 2.45) is 7.05 Å². The van der Waals surface area contributed by atoms with Gasteiger partial charge in [0.1, 0.15) is 5.82 Å². The summed E-state index contributed by atoms with van der Waals surface area (Å²) < 4.78 is 7.32. The molecule has 2 aliphatic heterocycles. The molecule has 25 heavy (non-hydrogen) atoms. The number of aryl methyl sites for hydroxylation is 1. The van der Waals surface area contributed by atoms with Crippen molar-refractivity contribution in [2.45, 2.75) is 24.9 Å². The zero-order chi connectivity index (χ0) is 17.2. The van der Waals surface area contributed by atoms with Crippen LogP contribution in [0.4, 0.5) is 11.8 Å². The molecule has 0 spiro atoms. The minimum atomic E-state index is -0.274. The Morgan fingerprint density at radius 2 is 2.24 bits per heavy atom. The maximum absolute atomic E-state index is 9.56. The lowest BCUT2D eigenvalue weighted by Gasteiger charge is -2.36. The Morgan fingerprint density at radius 1 is 1.36 bits per heavy atom. The highest BCUT2D eigenvalue weighted by Gasteiger charge is 2.28. The fourth-order valence-electron chi connectivity index (χ4n) is 3.22. The molecule has 134 valence electrons. The number of hydrogen-bond acceptors (Lipinski definition) is 7. The molecule has 2 N–H and O–H groups in total. The van der Waals surface area contributed by atoms with Gasteiger partial charge >= 0.3 is 0 Å². The van der Waals surface area contributed by atoms with Crippen molar-refractivity contribution >= 4 is 11.8 Å². The number of ether oxygens (including phenoxy) is 1. The third-order valence-corrected chi connectivity index (χ3v) is 4.71. The van der Waals surface area contributed by atoms with Crippen molar-refractivity contribution in [3.8, 4) is 0 Å². The molecule has 2 saturated heterocycles. The molecule has 0 radical (unpaired) electrons. The Bertz CT molecular complexity index is 722. The lowest BCUT2D eigenvalue weighted by Crippen LogP contribution is -2.51. The summed E-state index contributed by atoms with van der Waals surface area (Å²) >= 11 is 0. The van der Waals surface area contributed by atoms with Gasteiger partial charge in [-0.3, -0.25) is 4.68 Å².